The van der Waals surface area contributed by atoms with Gasteiger partial charge in [0.05, 0.1) is 11.0 Å². The first-order chi connectivity index (χ1) is 9.93. The van der Waals surface area contributed by atoms with Gasteiger partial charge in [0, 0.05) is 32.8 Å². The highest BCUT2D eigenvalue weighted by molar-refractivity contribution is 7.89. The molecule has 1 atom stereocenters. The number of hydrogen-bond donors (Lipinski definition) is 1. The Bertz CT molecular complexity index is 555. The van der Waals surface area contributed by atoms with Crippen LogP contribution < -0.4 is 5.32 Å². The van der Waals surface area contributed by atoms with Gasteiger partial charge in [-0.25, -0.2) is 8.42 Å². The average molecular weight is 312 g/mol. The van der Waals surface area contributed by atoms with Crippen LogP contribution in [0.15, 0.2) is 29.2 Å². The smallest absolute Gasteiger partial charge is 0.243 e. The van der Waals surface area contributed by atoms with E-state index in [2.05, 4.69) is 19.2 Å². The monoisotopic (exact) mass is 312 g/mol. The molecule has 1 aromatic carbocycles. The van der Waals surface area contributed by atoms with E-state index in [1.54, 1.807) is 19.2 Å². The van der Waals surface area contributed by atoms with Crippen LogP contribution in [0, 0.1) is 0 Å². The molecule has 1 aromatic rings. The molecular weight excluding hydrogens is 288 g/mol. The molecule has 1 aliphatic heterocycles. The van der Waals surface area contributed by atoms with E-state index in [1.807, 2.05) is 12.1 Å². The molecule has 1 saturated heterocycles. The van der Waals surface area contributed by atoms with E-state index in [0.29, 0.717) is 24.0 Å². The van der Waals surface area contributed by atoms with Crippen LogP contribution in [0.1, 0.15) is 25.8 Å². The van der Waals surface area contributed by atoms with Crippen LogP contribution in [-0.2, 0) is 21.3 Å². The zero-order valence-electron chi connectivity index (χ0n) is 12.9. The Labute approximate surface area is 127 Å². The lowest BCUT2D eigenvalue weighted by Crippen LogP contribution is -2.30. The standard InChI is InChI=1S/C15H24N2O3S/c1-12(2)16-10-13-4-6-15(7-5-13)21(18,19)17-9-8-14(11-17)20-3/h4-7,12,14,16H,8-11H2,1-3H3. The molecule has 0 aliphatic carbocycles. The Morgan fingerprint density at radius 3 is 2.52 bits per heavy atom. The van der Waals surface area contributed by atoms with Crippen molar-refractivity contribution in [2.24, 2.45) is 0 Å². The number of methoxy groups -OCH3 is 1. The van der Waals surface area contributed by atoms with Gasteiger partial charge in [-0.15, -0.1) is 0 Å². The predicted octanol–water partition coefficient (Wildman–Crippen LogP) is 1.59. The van der Waals surface area contributed by atoms with E-state index in [-0.39, 0.29) is 6.10 Å². The molecule has 118 valence electrons. The third-order valence-corrected chi connectivity index (χ3v) is 5.60. The summed E-state index contributed by atoms with van der Waals surface area (Å²) >= 11 is 0. The molecule has 2 rings (SSSR count). The molecule has 0 spiro atoms. The number of sulfonamides is 1. The van der Waals surface area contributed by atoms with Gasteiger partial charge in [-0.3, -0.25) is 0 Å². The lowest BCUT2D eigenvalue weighted by atomic mass is 10.2. The van der Waals surface area contributed by atoms with E-state index in [1.165, 1.54) is 4.31 Å². The SMILES string of the molecule is COC1CCN(S(=O)(=O)c2ccc(CNC(C)C)cc2)C1. The largest absolute Gasteiger partial charge is 0.380 e. The summed E-state index contributed by atoms with van der Waals surface area (Å²) in [5.41, 5.74) is 1.08. The summed E-state index contributed by atoms with van der Waals surface area (Å²) in [6.07, 6.45) is 0.765. The Balaban J connectivity index is 2.07. The van der Waals surface area contributed by atoms with E-state index in [4.69, 9.17) is 4.74 Å². The molecule has 0 aromatic heterocycles. The lowest BCUT2D eigenvalue weighted by molar-refractivity contribution is 0.115. The summed E-state index contributed by atoms with van der Waals surface area (Å²) in [6.45, 7) is 5.87. The van der Waals surface area contributed by atoms with Gasteiger partial charge in [0.15, 0.2) is 0 Å². The Hall–Kier alpha value is -0.950. The normalized spacial score (nSPS) is 20.3. The van der Waals surface area contributed by atoms with Crippen molar-refractivity contribution < 1.29 is 13.2 Å². The second-order valence-electron chi connectivity index (χ2n) is 5.69. The van der Waals surface area contributed by atoms with Crippen LogP contribution >= 0.6 is 0 Å². The van der Waals surface area contributed by atoms with Crippen molar-refractivity contribution >= 4 is 10.0 Å². The van der Waals surface area contributed by atoms with Crippen molar-refractivity contribution in [2.75, 3.05) is 20.2 Å². The van der Waals surface area contributed by atoms with Gasteiger partial charge in [0.25, 0.3) is 0 Å². The molecule has 1 unspecified atom stereocenters. The maximum atomic E-state index is 12.5. The predicted molar refractivity (Wildman–Crippen MR) is 82.6 cm³/mol. The molecule has 0 radical (unpaired) electrons. The molecule has 0 amide bonds. The number of ether oxygens (including phenoxy) is 1. The zero-order chi connectivity index (χ0) is 15.5. The van der Waals surface area contributed by atoms with E-state index >= 15 is 0 Å². The second-order valence-corrected chi connectivity index (χ2v) is 7.63. The van der Waals surface area contributed by atoms with Crippen molar-refractivity contribution in [3.8, 4) is 0 Å². The number of hydrogen-bond acceptors (Lipinski definition) is 4. The van der Waals surface area contributed by atoms with Gasteiger partial charge in [0.2, 0.25) is 10.0 Å². The highest BCUT2D eigenvalue weighted by Crippen LogP contribution is 2.22. The van der Waals surface area contributed by atoms with Crippen molar-refractivity contribution in [3.05, 3.63) is 29.8 Å². The molecule has 1 fully saturated rings. The van der Waals surface area contributed by atoms with Crippen LogP contribution in [0.4, 0.5) is 0 Å². The maximum Gasteiger partial charge on any atom is 0.243 e. The minimum absolute atomic E-state index is 0.00860. The van der Waals surface area contributed by atoms with Gasteiger partial charge in [-0.1, -0.05) is 26.0 Å². The van der Waals surface area contributed by atoms with E-state index in [0.717, 1.165) is 18.5 Å². The minimum Gasteiger partial charge on any atom is -0.380 e. The summed E-state index contributed by atoms with van der Waals surface area (Å²) in [6, 6.07) is 7.52. The average Bonchev–Trinajstić information content (AvgIpc) is 2.95. The van der Waals surface area contributed by atoms with Gasteiger partial charge in [-0.05, 0) is 24.1 Å². The molecule has 0 bridgehead atoms. The molecule has 1 aliphatic rings. The number of rotatable bonds is 6. The highest BCUT2D eigenvalue weighted by atomic mass is 32.2. The topological polar surface area (TPSA) is 58.6 Å². The van der Waals surface area contributed by atoms with Gasteiger partial charge < -0.3 is 10.1 Å². The second kappa shape index (κ2) is 6.87. The summed E-state index contributed by atoms with van der Waals surface area (Å²) in [4.78, 5) is 0.354. The quantitative estimate of drug-likeness (QED) is 0.867. The van der Waals surface area contributed by atoms with Gasteiger partial charge >= 0.3 is 0 Å². The van der Waals surface area contributed by atoms with Crippen molar-refractivity contribution in [3.63, 3.8) is 0 Å². The van der Waals surface area contributed by atoms with Crippen LogP contribution in [0.3, 0.4) is 0 Å². The summed E-state index contributed by atoms with van der Waals surface area (Å²) in [7, 11) is -1.77. The van der Waals surface area contributed by atoms with E-state index < -0.39 is 10.0 Å². The van der Waals surface area contributed by atoms with Crippen LogP contribution in [0.5, 0.6) is 0 Å². The number of benzene rings is 1. The minimum atomic E-state index is -3.40. The maximum absolute atomic E-state index is 12.5. The first-order valence-electron chi connectivity index (χ1n) is 7.28. The molecule has 6 heteroatoms. The summed E-state index contributed by atoms with van der Waals surface area (Å²) in [5, 5.41) is 3.31. The fourth-order valence-electron chi connectivity index (χ4n) is 2.36. The molecule has 1 N–H and O–H groups in total. The first-order valence-corrected chi connectivity index (χ1v) is 8.72. The molecule has 5 nitrogen and oxygen atoms in total. The third kappa shape index (κ3) is 4.03. The summed E-state index contributed by atoms with van der Waals surface area (Å²) < 4.78 is 31.8. The third-order valence-electron chi connectivity index (χ3n) is 3.72. The molecule has 0 saturated carbocycles. The van der Waals surface area contributed by atoms with Crippen LogP contribution in [0.25, 0.3) is 0 Å². The van der Waals surface area contributed by atoms with Crippen LogP contribution in [0.2, 0.25) is 0 Å². The first kappa shape index (κ1) is 16.4. The van der Waals surface area contributed by atoms with Gasteiger partial charge in [0.1, 0.15) is 0 Å². The van der Waals surface area contributed by atoms with Crippen molar-refractivity contribution in [1.29, 1.82) is 0 Å². The Morgan fingerprint density at radius 2 is 2.00 bits per heavy atom. The molecule has 21 heavy (non-hydrogen) atoms. The lowest BCUT2D eigenvalue weighted by Gasteiger charge is -2.16. The van der Waals surface area contributed by atoms with Crippen molar-refractivity contribution in [1.82, 2.24) is 9.62 Å². The Kier molecular flexibility index (Phi) is 5.37. The van der Waals surface area contributed by atoms with Crippen LogP contribution in [-0.4, -0.2) is 45.1 Å². The number of nitrogens with one attached hydrogen (secondary N) is 1. The highest BCUT2D eigenvalue weighted by Gasteiger charge is 2.32. The van der Waals surface area contributed by atoms with Crippen molar-refractivity contribution in [2.45, 2.75) is 43.9 Å². The number of nitrogens with zero attached hydrogens (tertiary/aromatic N) is 1. The molecule has 1 heterocycles. The summed E-state index contributed by atoms with van der Waals surface area (Å²) in [5.74, 6) is 0. The Morgan fingerprint density at radius 1 is 1.33 bits per heavy atom. The fourth-order valence-corrected chi connectivity index (χ4v) is 3.85. The zero-order valence-corrected chi connectivity index (χ0v) is 13.7. The fraction of sp³-hybridized carbons (Fsp3) is 0.600. The van der Waals surface area contributed by atoms with Gasteiger partial charge in [-0.2, -0.15) is 4.31 Å². The molecular formula is C15H24N2O3S. The van der Waals surface area contributed by atoms with E-state index in [9.17, 15) is 8.42 Å².